The zero-order chi connectivity index (χ0) is 25.1. The van der Waals surface area contributed by atoms with E-state index in [0.717, 1.165) is 28.8 Å². The van der Waals surface area contributed by atoms with E-state index in [2.05, 4.69) is 34.7 Å². The molecule has 1 aliphatic heterocycles. The number of rotatable bonds is 7. The fourth-order valence-corrected chi connectivity index (χ4v) is 4.64. The first kappa shape index (κ1) is 24.5. The molecule has 4 rings (SSSR count). The van der Waals surface area contributed by atoms with Gasteiger partial charge in [0.05, 0.1) is 18.7 Å². The van der Waals surface area contributed by atoms with Crippen LogP contribution in [0, 0.1) is 0 Å². The maximum atomic E-state index is 13.3. The van der Waals surface area contributed by atoms with Crippen LogP contribution in [0.4, 0.5) is 11.4 Å². The SMILES string of the molecule is CCN(CC)c1ccc(C2/C(=C(/O)c3ccc(Br)cc3)C(=O)C(=O)N2c2ccc(OC)cc2)cc1. The fourth-order valence-electron chi connectivity index (χ4n) is 4.38. The number of aliphatic hydroxyl groups is 1. The molecule has 0 aromatic heterocycles. The third-order valence-electron chi connectivity index (χ3n) is 6.25. The summed E-state index contributed by atoms with van der Waals surface area (Å²) in [5, 5.41) is 11.2. The Bertz CT molecular complexity index is 1250. The van der Waals surface area contributed by atoms with Crippen molar-refractivity contribution < 1.29 is 19.4 Å². The number of anilines is 2. The predicted octanol–water partition coefficient (Wildman–Crippen LogP) is 5.93. The van der Waals surface area contributed by atoms with Gasteiger partial charge in [-0.15, -0.1) is 0 Å². The smallest absolute Gasteiger partial charge is 0.300 e. The molecule has 0 aliphatic carbocycles. The van der Waals surface area contributed by atoms with E-state index in [9.17, 15) is 14.7 Å². The van der Waals surface area contributed by atoms with Crippen LogP contribution in [-0.4, -0.2) is 37.0 Å². The third kappa shape index (κ3) is 4.68. The van der Waals surface area contributed by atoms with E-state index in [-0.39, 0.29) is 11.3 Å². The van der Waals surface area contributed by atoms with Crippen molar-refractivity contribution in [1.29, 1.82) is 0 Å². The fraction of sp³-hybridized carbons (Fsp3) is 0.214. The lowest BCUT2D eigenvalue weighted by Gasteiger charge is -2.27. The second kappa shape index (κ2) is 10.4. The zero-order valence-electron chi connectivity index (χ0n) is 19.9. The highest BCUT2D eigenvalue weighted by atomic mass is 79.9. The van der Waals surface area contributed by atoms with Crippen molar-refractivity contribution >= 4 is 44.8 Å². The Labute approximate surface area is 213 Å². The van der Waals surface area contributed by atoms with E-state index < -0.39 is 17.7 Å². The van der Waals surface area contributed by atoms with Crippen molar-refractivity contribution in [2.45, 2.75) is 19.9 Å². The van der Waals surface area contributed by atoms with E-state index in [4.69, 9.17) is 4.74 Å². The number of ketones is 1. The molecule has 0 radical (unpaired) electrons. The van der Waals surface area contributed by atoms with Gasteiger partial charge in [-0.3, -0.25) is 14.5 Å². The van der Waals surface area contributed by atoms with Gasteiger partial charge >= 0.3 is 0 Å². The highest BCUT2D eigenvalue weighted by molar-refractivity contribution is 9.10. The highest BCUT2D eigenvalue weighted by Gasteiger charge is 2.47. The van der Waals surface area contributed by atoms with Gasteiger partial charge in [-0.25, -0.2) is 0 Å². The topological polar surface area (TPSA) is 70.1 Å². The van der Waals surface area contributed by atoms with Crippen LogP contribution in [0.15, 0.2) is 82.8 Å². The van der Waals surface area contributed by atoms with Gasteiger partial charge in [0.2, 0.25) is 0 Å². The van der Waals surface area contributed by atoms with E-state index in [1.807, 2.05) is 24.3 Å². The van der Waals surface area contributed by atoms with Gasteiger partial charge in [0.15, 0.2) is 0 Å². The van der Waals surface area contributed by atoms with Crippen LogP contribution < -0.4 is 14.5 Å². The van der Waals surface area contributed by atoms with Crippen LogP contribution in [-0.2, 0) is 9.59 Å². The molecule has 0 spiro atoms. The molecule has 1 aliphatic rings. The summed E-state index contributed by atoms with van der Waals surface area (Å²) in [6.45, 7) is 5.91. The molecular weight excluding hydrogens is 508 g/mol. The Kier molecular flexibility index (Phi) is 7.26. The van der Waals surface area contributed by atoms with E-state index in [1.54, 1.807) is 55.6 Å². The minimum atomic E-state index is -0.780. The molecule has 1 N–H and O–H groups in total. The molecule has 180 valence electrons. The van der Waals surface area contributed by atoms with E-state index >= 15 is 0 Å². The van der Waals surface area contributed by atoms with Crippen LogP contribution in [0.5, 0.6) is 5.75 Å². The quantitative estimate of drug-likeness (QED) is 0.231. The lowest BCUT2D eigenvalue weighted by molar-refractivity contribution is -0.132. The van der Waals surface area contributed by atoms with Gasteiger partial charge < -0.3 is 14.7 Å². The van der Waals surface area contributed by atoms with Crippen molar-refractivity contribution in [3.63, 3.8) is 0 Å². The number of ether oxygens (including phenoxy) is 1. The first-order valence-electron chi connectivity index (χ1n) is 11.5. The maximum Gasteiger partial charge on any atom is 0.300 e. The first-order valence-corrected chi connectivity index (χ1v) is 12.2. The molecule has 1 atom stereocenters. The number of amides is 1. The van der Waals surface area contributed by atoms with Crippen LogP contribution in [0.25, 0.3) is 5.76 Å². The number of carbonyl (C=O) groups is 2. The summed E-state index contributed by atoms with van der Waals surface area (Å²) in [6.07, 6.45) is 0. The Morgan fingerprint density at radius 2 is 1.54 bits per heavy atom. The van der Waals surface area contributed by atoms with Crippen molar-refractivity contribution in [2.24, 2.45) is 0 Å². The summed E-state index contributed by atoms with van der Waals surface area (Å²) in [7, 11) is 1.57. The maximum absolute atomic E-state index is 13.3. The molecule has 1 amide bonds. The molecule has 0 saturated carbocycles. The predicted molar refractivity (Wildman–Crippen MR) is 142 cm³/mol. The van der Waals surface area contributed by atoms with Gasteiger partial charge in [-0.2, -0.15) is 0 Å². The molecule has 1 heterocycles. The second-order valence-corrected chi connectivity index (χ2v) is 9.05. The molecule has 6 nitrogen and oxygen atoms in total. The number of hydrogen-bond donors (Lipinski definition) is 1. The number of aliphatic hydroxyl groups excluding tert-OH is 1. The normalized spacial score (nSPS) is 17.0. The van der Waals surface area contributed by atoms with Gasteiger partial charge in [-0.1, -0.05) is 40.2 Å². The summed E-state index contributed by atoms with van der Waals surface area (Å²) in [5.74, 6) is -0.976. The summed E-state index contributed by atoms with van der Waals surface area (Å²) >= 11 is 3.39. The monoisotopic (exact) mass is 534 g/mol. The molecular formula is C28H27BrN2O4. The Balaban J connectivity index is 1.88. The van der Waals surface area contributed by atoms with Crippen LogP contribution in [0.2, 0.25) is 0 Å². The summed E-state index contributed by atoms with van der Waals surface area (Å²) in [5.41, 5.74) is 2.85. The van der Waals surface area contributed by atoms with Crippen molar-refractivity contribution in [1.82, 2.24) is 0 Å². The molecule has 3 aromatic rings. The highest BCUT2D eigenvalue weighted by Crippen LogP contribution is 2.42. The lowest BCUT2D eigenvalue weighted by atomic mass is 9.95. The molecule has 1 fully saturated rings. The number of hydrogen-bond acceptors (Lipinski definition) is 5. The molecule has 1 unspecified atom stereocenters. The van der Waals surface area contributed by atoms with Crippen LogP contribution >= 0.6 is 15.9 Å². The van der Waals surface area contributed by atoms with Gasteiger partial charge in [0, 0.05) is 34.5 Å². The molecule has 7 heteroatoms. The number of methoxy groups -OCH3 is 1. The van der Waals surface area contributed by atoms with E-state index in [1.165, 1.54) is 4.90 Å². The zero-order valence-corrected chi connectivity index (χ0v) is 21.5. The second-order valence-electron chi connectivity index (χ2n) is 8.14. The number of benzene rings is 3. The third-order valence-corrected chi connectivity index (χ3v) is 6.78. The van der Waals surface area contributed by atoms with E-state index in [0.29, 0.717) is 17.0 Å². The van der Waals surface area contributed by atoms with Gasteiger partial charge in [0.1, 0.15) is 11.5 Å². The molecule has 0 bridgehead atoms. The number of halogens is 1. The Morgan fingerprint density at radius 1 is 0.943 bits per heavy atom. The number of nitrogens with zero attached hydrogens (tertiary/aromatic N) is 2. The van der Waals surface area contributed by atoms with Crippen molar-refractivity contribution in [3.8, 4) is 5.75 Å². The van der Waals surface area contributed by atoms with Crippen molar-refractivity contribution in [3.05, 3.63) is 94.0 Å². The minimum absolute atomic E-state index is 0.0590. The first-order chi connectivity index (χ1) is 16.9. The van der Waals surface area contributed by atoms with Gasteiger partial charge in [0.25, 0.3) is 11.7 Å². The van der Waals surface area contributed by atoms with Crippen LogP contribution in [0.1, 0.15) is 31.0 Å². The van der Waals surface area contributed by atoms with Crippen molar-refractivity contribution in [2.75, 3.05) is 30.0 Å². The standard InChI is InChI=1S/C28H27BrN2O4/c1-4-30(5-2)21-12-8-18(9-13-21)25-24(26(32)19-6-10-20(29)11-7-19)27(33)28(34)31(25)22-14-16-23(35-3)17-15-22/h6-17,25,32H,4-5H2,1-3H3/b26-24-. The average Bonchev–Trinajstić information content (AvgIpc) is 3.15. The largest absolute Gasteiger partial charge is 0.507 e. The summed E-state index contributed by atoms with van der Waals surface area (Å²) < 4.78 is 6.09. The Morgan fingerprint density at radius 3 is 2.09 bits per heavy atom. The molecule has 35 heavy (non-hydrogen) atoms. The molecule has 1 saturated heterocycles. The summed E-state index contributed by atoms with van der Waals surface area (Å²) in [6, 6.07) is 20.9. The number of carbonyl (C=O) groups excluding carboxylic acids is 2. The average molecular weight is 535 g/mol. The van der Waals surface area contributed by atoms with Gasteiger partial charge in [-0.05, 0) is 67.9 Å². The molecule has 3 aromatic carbocycles. The Hall–Kier alpha value is -3.58. The van der Waals surface area contributed by atoms with Crippen LogP contribution in [0.3, 0.4) is 0 Å². The number of Topliss-reactive ketones (excluding diaryl/α,β-unsaturated/α-hetero) is 1. The summed E-state index contributed by atoms with van der Waals surface area (Å²) in [4.78, 5) is 30.2. The lowest BCUT2D eigenvalue weighted by Crippen LogP contribution is -2.29. The minimum Gasteiger partial charge on any atom is -0.507 e.